The fraction of sp³-hybridized carbons (Fsp3) is 0.333. The maximum atomic E-state index is 12.5. The molecule has 0 spiro atoms. The van der Waals surface area contributed by atoms with Crippen molar-refractivity contribution in [2.24, 2.45) is 0 Å². The first-order chi connectivity index (χ1) is 11.7. The molecule has 0 bridgehead atoms. The lowest BCUT2D eigenvalue weighted by molar-refractivity contribution is 0.110. The summed E-state index contributed by atoms with van der Waals surface area (Å²) in [6, 6.07) is 12.1. The summed E-state index contributed by atoms with van der Waals surface area (Å²) in [5.41, 5.74) is 1.20. The third kappa shape index (κ3) is 3.58. The van der Waals surface area contributed by atoms with Gasteiger partial charge < -0.3 is 19.7 Å². The van der Waals surface area contributed by atoms with Gasteiger partial charge in [0.15, 0.2) is 0 Å². The number of likely N-dealkylation sites (tertiary alicyclic amines) is 1. The fourth-order valence-electron chi connectivity index (χ4n) is 3.03. The van der Waals surface area contributed by atoms with Crippen LogP contribution in [0.4, 0.5) is 10.5 Å². The van der Waals surface area contributed by atoms with E-state index in [1.165, 1.54) is 6.26 Å². The van der Waals surface area contributed by atoms with Crippen molar-refractivity contribution in [2.45, 2.75) is 31.4 Å². The first kappa shape index (κ1) is 16.1. The van der Waals surface area contributed by atoms with Gasteiger partial charge in [-0.1, -0.05) is 0 Å². The molecule has 1 aromatic heterocycles. The van der Waals surface area contributed by atoms with Crippen LogP contribution >= 0.6 is 0 Å². The summed E-state index contributed by atoms with van der Waals surface area (Å²) in [4.78, 5) is 14.2. The highest BCUT2D eigenvalue weighted by molar-refractivity contribution is 5.89. The molecule has 2 amide bonds. The number of carbonyl (C=O) groups is 1. The molecule has 2 atom stereocenters. The second kappa shape index (κ2) is 7.20. The van der Waals surface area contributed by atoms with Gasteiger partial charge in [-0.2, -0.15) is 5.26 Å². The van der Waals surface area contributed by atoms with Gasteiger partial charge in [0.2, 0.25) is 0 Å². The van der Waals surface area contributed by atoms with E-state index in [-0.39, 0.29) is 12.1 Å². The Kier molecular flexibility index (Phi) is 4.82. The van der Waals surface area contributed by atoms with Crippen LogP contribution in [0.2, 0.25) is 0 Å². The van der Waals surface area contributed by atoms with Crippen LogP contribution in [-0.2, 0) is 0 Å². The number of rotatable bonds is 4. The number of anilines is 1. The van der Waals surface area contributed by atoms with Gasteiger partial charge in [0.25, 0.3) is 0 Å². The van der Waals surface area contributed by atoms with Gasteiger partial charge >= 0.3 is 6.03 Å². The van der Waals surface area contributed by atoms with E-state index in [4.69, 9.17) is 9.68 Å². The van der Waals surface area contributed by atoms with Crippen LogP contribution in [0.3, 0.4) is 0 Å². The number of nitrogens with zero attached hydrogens (tertiary/aromatic N) is 2. The van der Waals surface area contributed by atoms with Crippen LogP contribution in [0.15, 0.2) is 47.1 Å². The maximum absolute atomic E-state index is 12.5. The summed E-state index contributed by atoms with van der Waals surface area (Å²) in [6.45, 7) is 0.664. The van der Waals surface area contributed by atoms with Gasteiger partial charge in [-0.25, -0.2) is 4.79 Å². The third-order valence-electron chi connectivity index (χ3n) is 4.27. The molecule has 0 saturated carbocycles. The second-order valence-electron chi connectivity index (χ2n) is 5.88. The van der Waals surface area contributed by atoms with Gasteiger partial charge in [0.05, 0.1) is 17.9 Å². The molecule has 6 heteroatoms. The normalized spacial score (nSPS) is 18.2. The van der Waals surface area contributed by atoms with Crippen LogP contribution in [0.1, 0.15) is 36.7 Å². The van der Waals surface area contributed by atoms with Gasteiger partial charge in [0.1, 0.15) is 11.9 Å². The SMILES string of the molecule is N#Cc1ccc(NC(=O)N2CCCC2CC(O)c2ccco2)cc1. The number of aliphatic hydroxyl groups excluding tert-OH is 1. The molecule has 2 N–H and O–H groups in total. The molecular weight excluding hydrogens is 306 g/mol. The summed E-state index contributed by atoms with van der Waals surface area (Å²) in [5, 5.41) is 21.9. The standard InChI is InChI=1S/C18H19N3O3/c19-12-13-5-7-14(8-6-13)20-18(23)21-9-1-3-15(21)11-16(22)17-4-2-10-24-17/h2,4-8,10,15-16,22H,1,3,9,11H2,(H,20,23). The fourth-order valence-corrected chi connectivity index (χ4v) is 3.03. The zero-order valence-electron chi connectivity index (χ0n) is 13.2. The Morgan fingerprint density at radius 1 is 1.42 bits per heavy atom. The summed E-state index contributed by atoms with van der Waals surface area (Å²) in [7, 11) is 0. The van der Waals surface area contributed by atoms with Gasteiger partial charge in [-0.3, -0.25) is 0 Å². The van der Waals surface area contributed by atoms with Crippen LogP contribution < -0.4 is 5.32 Å². The molecule has 1 aromatic carbocycles. The Morgan fingerprint density at radius 2 is 2.21 bits per heavy atom. The molecule has 2 heterocycles. The predicted molar refractivity (Wildman–Crippen MR) is 88.2 cm³/mol. The van der Waals surface area contributed by atoms with Crippen molar-refractivity contribution in [3.63, 3.8) is 0 Å². The number of carbonyl (C=O) groups excluding carboxylic acids is 1. The van der Waals surface area contributed by atoms with Crippen molar-refractivity contribution in [1.29, 1.82) is 5.26 Å². The molecule has 3 rings (SSSR count). The molecule has 24 heavy (non-hydrogen) atoms. The van der Waals surface area contributed by atoms with E-state index in [0.717, 1.165) is 12.8 Å². The summed E-state index contributed by atoms with van der Waals surface area (Å²) in [6.07, 6.45) is 3.04. The average Bonchev–Trinajstić information content (AvgIpc) is 3.27. The monoisotopic (exact) mass is 325 g/mol. The van der Waals surface area contributed by atoms with E-state index in [0.29, 0.717) is 30.0 Å². The summed E-state index contributed by atoms with van der Waals surface area (Å²) < 4.78 is 5.22. The van der Waals surface area contributed by atoms with Crippen LogP contribution in [-0.4, -0.2) is 28.6 Å². The molecule has 6 nitrogen and oxygen atoms in total. The molecule has 1 aliphatic rings. The van der Waals surface area contributed by atoms with Crippen molar-refractivity contribution < 1.29 is 14.3 Å². The Labute approximate surface area is 140 Å². The molecule has 1 aliphatic heterocycles. The Bertz CT molecular complexity index is 719. The van der Waals surface area contributed by atoms with E-state index in [9.17, 15) is 9.90 Å². The number of nitriles is 1. The molecule has 0 aliphatic carbocycles. The van der Waals surface area contributed by atoms with Gasteiger partial charge in [0, 0.05) is 24.7 Å². The molecule has 1 fully saturated rings. The largest absolute Gasteiger partial charge is 0.467 e. The number of hydrogen-bond donors (Lipinski definition) is 2. The molecular formula is C18H19N3O3. The smallest absolute Gasteiger partial charge is 0.322 e. The zero-order chi connectivity index (χ0) is 16.9. The lowest BCUT2D eigenvalue weighted by atomic mass is 10.1. The first-order valence-corrected chi connectivity index (χ1v) is 7.96. The zero-order valence-corrected chi connectivity index (χ0v) is 13.2. The highest BCUT2D eigenvalue weighted by atomic mass is 16.4. The number of furan rings is 1. The Morgan fingerprint density at radius 3 is 2.88 bits per heavy atom. The van der Waals surface area contributed by atoms with Crippen molar-refractivity contribution in [3.8, 4) is 6.07 Å². The number of aliphatic hydroxyl groups is 1. The quantitative estimate of drug-likeness (QED) is 0.903. The van der Waals surface area contributed by atoms with Crippen LogP contribution in [0.25, 0.3) is 0 Å². The van der Waals surface area contributed by atoms with Crippen molar-refractivity contribution in [2.75, 3.05) is 11.9 Å². The highest BCUT2D eigenvalue weighted by Crippen LogP contribution is 2.28. The molecule has 1 saturated heterocycles. The van der Waals surface area contributed by atoms with E-state index in [1.807, 2.05) is 6.07 Å². The molecule has 2 aromatic rings. The minimum atomic E-state index is -0.715. The molecule has 124 valence electrons. The lowest BCUT2D eigenvalue weighted by Crippen LogP contribution is -2.39. The topological polar surface area (TPSA) is 89.5 Å². The summed E-state index contributed by atoms with van der Waals surface area (Å²) in [5.74, 6) is 0.523. The second-order valence-corrected chi connectivity index (χ2v) is 5.88. The van der Waals surface area contributed by atoms with E-state index < -0.39 is 6.10 Å². The van der Waals surface area contributed by atoms with Crippen LogP contribution in [0, 0.1) is 11.3 Å². The minimum absolute atomic E-state index is 0.0246. The van der Waals surface area contributed by atoms with E-state index in [1.54, 1.807) is 41.3 Å². The van der Waals surface area contributed by atoms with Crippen molar-refractivity contribution in [1.82, 2.24) is 4.90 Å². The Hall–Kier alpha value is -2.78. The van der Waals surface area contributed by atoms with Crippen molar-refractivity contribution >= 4 is 11.7 Å². The third-order valence-corrected chi connectivity index (χ3v) is 4.27. The number of benzene rings is 1. The number of nitrogens with one attached hydrogen (secondary N) is 1. The van der Waals surface area contributed by atoms with Crippen molar-refractivity contribution in [3.05, 3.63) is 54.0 Å². The Balaban J connectivity index is 1.61. The number of hydrogen-bond acceptors (Lipinski definition) is 4. The maximum Gasteiger partial charge on any atom is 0.322 e. The lowest BCUT2D eigenvalue weighted by Gasteiger charge is -2.26. The number of amides is 2. The van der Waals surface area contributed by atoms with E-state index in [2.05, 4.69) is 5.32 Å². The number of urea groups is 1. The summed E-state index contributed by atoms with van der Waals surface area (Å²) >= 11 is 0. The van der Waals surface area contributed by atoms with E-state index >= 15 is 0 Å². The van der Waals surface area contributed by atoms with Gasteiger partial charge in [-0.05, 0) is 49.2 Å². The predicted octanol–water partition coefficient (Wildman–Crippen LogP) is 3.27. The highest BCUT2D eigenvalue weighted by Gasteiger charge is 2.31. The first-order valence-electron chi connectivity index (χ1n) is 7.96. The minimum Gasteiger partial charge on any atom is -0.467 e. The van der Waals surface area contributed by atoms with Gasteiger partial charge in [-0.15, -0.1) is 0 Å². The average molecular weight is 325 g/mol. The van der Waals surface area contributed by atoms with Crippen LogP contribution in [0.5, 0.6) is 0 Å². The molecule has 0 radical (unpaired) electrons. The molecule has 2 unspecified atom stereocenters.